The highest BCUT2D eigenvalue weighted by molar-refractivity contribution is 9.10. The monoisotopic (exact) mass is 324 g/mol. The van der Waals surface area contributed by atoms with E-state index in [1.807, 2.05) is 18.2 Å². The number of aldehydes is 1. The second-order valence-corrected chi connectivity index (χ2v) is 6.22. The van der Waals surface area contributed by atoms with Crippen molar-refractivity contribution in [1.29, 1.82) is 0 Å². The zero-order valence-electron chi connectivity index (χ0n) is 11.4. The van der Waals surface area contributed by atoms with E-state index in [2.05, 4.69) is 22.9 Å². The summed E-state index contributed by atoms with van der Waals surface area (Å²) in [6.45, 7) is 2.08. The third kappa shape index (κ3) is 4.07. The predicted molar refractivity (Wildman–Crippen MR) is 80.6 cm³/mol. The van der Waals surface area contributed by atoms with Gasteiger partial charge in [0.15, 0.2) is 0 Å². The van der Waals surface area contributed by atoms with Crippen molar-refractivity contribution in [2.24, 2.45) is 5.92 Å². The van der Waals surface area contributed by atoms with Crippen LogP contribution in [0.3, 0.4) is 0 Å². The summed E-state index contributed by atoms with van der Waals surface area (Å²) in [5, 5.41) is 0. The third-order valence-corrected chi connectivity index (χ3v) is 4.86. The van der Waals surface area contributed by atoms with Crippen molar-refractivity contribution in [2.45, 2.75) is 51.6 Å². The van der Waals surface area contributed by atoms with Crippen molar-refractivity contribution in [3.63, 3.8) is 0 Å². The largest absolute Gasteiger partial charge is 0.490 e. The number of carbonyl (C=O) groups is 1. The summed E-state index contributed by atoms with van der Waals surface area (Å²) in [4.78, 5) is 10.4. The maximum Gasteiger partial charge on any atom is 0.123 e. The molecule has 1 aromatic rings. The highest BCUT2D eigenvalue weighted by atomic mass is 79.9. The summed E-state index contributed by atoms with van der Waals surface area (Å²) in [6, 6.07) is 6.10. The van der Waals surface area contributed by atoms with Crippen LogP contribution >= 0.6 is 15.9 Å². The fourth-order valence-electron chi connectivity index (χ4n) is 2.74. The van der Waals surface area contributed by atoms with Gasteiger partial charge in [-0.15, -0.1) is 0 Å². The van der Waals surface area contributed by atoms with Crippen molar-refractivity contribution in [1.82, 2.24) is 0 Å². The summed E-state index contributed by atoms with van der Waals surface area (Å²) in [6.07, 6.45) is 7.71. The molecule has 1 aromatic carbocycles. The smallest absolute Gasteiger partial charge is 0.123 e. The van der Waals surface area contributed by atoms with E-state index in [0.29, 0.717) is 18.4 Å². The van der Waals surface area contributed by atoms with Gasteiger partial charge in [0, 0.05) is 16.5 Å². The van der Waals surface area contributed by atoms with Gasteiger partial charge < -0.3 is 9.53 Å². The molecule has 0 spiro atoms. The molecule has 0 saturated heterocycles. The van der Waals surface area contributed by atoms with Gasteiger partial charge in [-0.05, 0) is 57.1 Å². The molecule has 0 N–H and O–H groups in total. The molecule has 1 fully saturated rings. The molecular weight excluding hydrogens is 304 g/mol. The fraction of sp³-hybridized carbons (Fsp3) is 0.562. The number of hydrogen-bond acceptors (Lipinski definition) is 2. The van der Waals surface area contributed by atoms with E-state index in [1.165, 1.54) is 18.4 Å². The van der Waals surface area contributed by atoms with Gasteiger partial charge in [-0.2, -0.15) is 0 Å². The Kier molecular flexibility index (Phi) is 5.44. The number of ether oxygens (including phenoxy) is 1. The van der Waals surface area contributed by atoms with E-state index in [1.54, 1.807) is 0 Å². The number of benzene rings is 1. The molecule has 0 atom stereocenters. The normalized spacial score (nSPS) is 23.1. The maximum absolute atomic E-state index is 10.4. The molecule has 1 aliphatic carbocycles. The minimum absolute atomic E-state index is 0.334. The topological polar surface area (TPSA) is 26.3 Å². The van der Waals surface area contributed by atoms with E-state index in [-0.39, 0.29) is 0 Å². The molecule has 1 saturated carbocycles. The number of carbonyl (C=O) groups excluding carboxylic acids is 1. The van der Waals surface area contributed by atoms with Gasteiger partial charge in [-0.1, -0.05) is 22.0 Å². The number of halogens is 1. The Morgan fingerprint density at radius 3 is 2.74 bits per heavy atom. The fourth-order valence-corrected chi connectivity index (χ4v) is 3.09. The van der Waals surface area contributed by atoms with Gasteiger partial charge in [0.25, 0.3) is 0 Å². The second kappa shape index (κ2) is 7.09. The zero-order valence-corrected chi connectivity index (χ0v) is 13.0. The zero-order chi connectivity index (χ0) is 13.7. The molecule has 0 heterocycles. The summed E-state index contributed by atoms with van der Waals surface area (Å²) >= 11 is 3.54. The van der Waals surface area contributed by atoms with Crippen LogP contribution < -0.4 is 4.74 Å². The first-order valence-electron chi connectivity index (χ1n) is 7.06. The Morgan fingerprint density at radius 2 is 2.05 bits per heavy atom. The average molecular weight is 325 g/mol. The van der Waals surface area contributed by atoms with E-state index >= 15 is 0 Å². The lowest BCUT2D eigenvalue weighted by Gasteiger charge is -2.29. The van der Waals surface area contributed by atoms with Crippen LogP contribution in [0.2, 0.25) is 0 Å². The molecule has 0 amide bonds. The second-order valence-electron chi connectivity index (χ2n) is 5.37. The van der Waals surface area contributed by atoms with Crippen LogP contribution in [0, 0.1) is 12.8 Å². The predicted octanol–water partition coefficient (Wildman–Crippen LogP) is 4.67. The molecular formula is C16H21BrO2. The minimum Gasteiger partial charge on any atom is -0.490 e. The van der Waals surface area contributed by atoms with Crippen molar-refractivity contribution in [3.8, 4) is 5.75 Å². The van der Waals surface area contributed by atoms with E-state index in [9.17, 15) is 4.79 Å². The molecule has 104 valence electrons. The molecule has 0 unspecified atom stereocenters. The Hall–Kier alpha value is -0.830. The molecule has 0 aromatic heterocycles. The first-order valence-corrected chi connectivity index (χ1v) is 7.85. The summed E-state index contributed by atoms with van der Waals surface area (Å²) in [5.74, 6) is 1.71. The molecule has 19 heavy (non-hydrogen) atoms. The molecule has 3 heteroatoms. The lowest BCUT2D eigenvalue weighted by atomic mass is 9.84. The van der Waals surface area contributed by atoms with Crippen LogP contribution in [-0.4, -0.2) is 12.4 Å². The van der Waals surface area contributed by atoms with Crippen molar-refractivity contribution in [2.75, 3.05) is 0 Å². The Labute approximate surface area is 123 Å². The Morgan fingerprint density at radius 1 is 1.32 bits per heavy atom. The highest BCUT2D eigenvalue weighted by Gasteiger charge is 2.22. The van der Waals surface area contributed by atoms with E-state index in [4.69, 9.17) is 4.74 Å². The lowest BCUT2D eigenvalue weighted by Crippen LogP contribution is -2.24. The van der Waals surface area contributed by atoms with E-state index < -0.39 is 0 Å². The minimum atomic E-state index is 0.334. The molecule has 0 bridgehead atoms. The van der Waals surface area contributed by atoms with Crippen molar-refractivity contribution < 1.29 is 9.53 Å². The number of hydrogen-bond donors (Lipinski definition) is 0. The Balaban J connectivity index is 1.85. The summed E-state index contributed by atoms with van der Waals surface area (Å²) in [5.41, 5.74) is 1.17. The molecule has 0 radical (unpaired) electrons. The highest BCUT2D eigenvalue weighted by Crippen LogP contribution is 2.32. The van der Waals surface area contributed by atoms with Gasteiger partial charge >= 0.3 is 0 Å². The molecule has 0 aliphatic heterocycles. The SMILES string of the molecule is Cc1c(Br)cccc1O[C@H]1CC[C@H](CCC=O)CC1. The molecule has 2 rings (SSSR count). The lowest BCUT2D eigenvalue weighted by molar-refractivity contribution is -0.108. The molecule has 2 nitrogen and oxygen atoms in total. The van der Waals surface area contributed by atoms with Crippen molar-refractivity contribution in [3.05, 3.63) is 28.2 Å². The van der Waals surface area contributed by atoms with Crippen LogP contribution in [0.1, 0.15) is 44.1 Å². The summed E-state index contributed by atoms with van der Waals surface area (Å²) in [7, 11) is 0. The van der Waals surface area contributed by atoms with Crippen LogP contribution in [0.4, 0.5) is 0 Å². The van der Waals surface area contributed by atoms with E-state index in [0.717, 1.165) is 35.8 Å². The van der Waals surface area contributed by atoms with Crippen molar-refractivity contribution >= 4 is 22.2 Å². The quantitative estimate of drug-likeness (QED) is 0.735. The third-order valence-electron chi connectivity index (χ3n) is 4.00. The van der Waals surface area contributed by atoms with Gasteiger partial charge in [-0.3, -0.25) is 0 Å². The average Bonchev–Trinajstić information content (AvgIpc) is 2.43. The standard InChI is InChI=1S/C16H21BrO2/c1-12-15(17)5-2-6-16(12)19-14-9-7-13(8-10-14)4-3-11-18/h2,5-6,11,13-14H,3-4,7-10H2,1H3/t13-,14-. The van der Waals surface area contributed by atoms with Gasteiger partial charge in [0.05, 0.1) is 6.10 Å². The van der Waals surface area contributed by atoms with Gasteiger partial charge in [0.2, 0.25) is 0 Å². The van der Waals surface area contributed by atoms with Crippen LogP contribution in [0.25, 0.3) is 0 Å². The number of rotatable bonds is 5. The first kappa shape index (κ1) is 14.6. The Bertz CT molecular complexity index is 423. The molecule has 1 aliphatic rings. The summed E-state index contributed by atoms with van der Waals surface area (Å²) < 4.78 is 7.22. The van der Waals surface area contributed by atoms with Crippen LogP contribution in [-0.2, 0) is 4.79 Å². The van der Waals surface area contributed by atoms with Gasteiger partial charge in [-0.25, -0.2) is 0 Å². The first-order chi connectivity index (χ1) is 9.20. The van der Waals surface area contributed by atoms with Crippen LogP contribution in [0.5, 0.6) is 5.75 Å². The van der Waals surface area contributed by atoms with Gasteiger partial charge in [0.1, 0.15) is 12.0 Å². The maximum atomic E-state index is 10.4. The van der Waals surface area contributed by atoms with Crippen LogP contribution in [0.15, 0.2) is 22.7 Å².